The van der Waals surface area contributed by atoms with Crippen molar-refractivity contribution in [3.63, 3.8) is 0 Å². The zero-order chi connectivity index (χ0) is 55.7. The predicted octanol–water partition coefficient (Wildman–Crippen LogP) is 22.9. The summed E-state index contributed by atoms with van der Waals surface area (Å²) in [5.41, 5.74) is 0. The molecular formula is C71H126O6. The van der Waals surface area contributed by atoms with Crippen LogP contribution in [0.15, 0.2) is 72.9 Å². The Balaban J connectivity index is 4.08. The summed E-state index contributed by atoms with van der Waals surface area (Å²) >= 11 is 0. The fourth-order valence-corrected chi connectivity index (χ4v) is 9.70. The number of allylic oxidation sites excluding steroid dienone is 12. The zero-order valence-corrected chi connectivity index (χ0v) is 51.2. The van der Waals surface area contributed by atoms with Gasteiger partial charge in [-0.15, -0.1) is 0 Å². The Morgan fingerprint density at radius 3 is 0.792 bits per heavy atom. The summed E-state index contributed by atoms with van der Waals surface area (Å²) in [6, 6.07) is 0. The molecule has 1 atom stereocenters. The molecule has 0 fully saturated rings. The molecule has 0 radical (unpaired) electrons. The molecule has 0 amide bonds. The third-order valence-electron chi connectivity index (χ3n) is 14.7. The molecule has 0 aliphatic carbocycles. The van der Waals surface area contributed by atoms with Gasteiger partial charge in [-0.1, -0.05) is 306 Å². The Morgan fingerprint density at radius 1 is 0.273 bits per heavy atom. The molecule has 6 nitrogen and oxygen atoms in total. The molecule has 0 N–H and O–H groups in total. The first-order valence-electron chi connectivity index (χ1n) is 33.4. The van der Waals surface area contributed by atoms with Crippen molar-refractivity contribution in [3.05, 3.63) is 72.9 Å². The molecule has 0 aromatic heterocycles. The average molecular weight is 1080 g/mol. The number of ether oxygens (including phenoxy) is 3. The number of carbonyl (C=O) groups excluding carboxylic acids is 3. The first-order valence-corrected chi connectivity index (χ1v) is 33.4. The SMILES string of the molecule is CC/C=C\C/C=C\C/C=C\C/C=C\CCCCCCCCCCCCCCCCC(=O)OCC(COC(=O)CCCCCCCCC)OC(=O)CCCCCCCCCCCCCCC/C=C\C/C=C\CCCCCCC. The van der Waals surface area contributed by atoms with Crippen LogP contribution in [-0.4, -0.2) is 37.2 Å². The van der Waals surface area contributed by atoms with E-state index in [1.165, 1.54) is 212 Å². The van der Waals surface area contributed by atoms with Gasteiger partial charge in [-0.2, -0.15) is 0 Å². The van der Waals surface area contributed by atoms with Crippen LogP contribution in [0, 0.1) is 0 Å². The topological polar surface area (TPSA) is 78.9 Å². The molecule has 6 heteroatoms. The van der Waals surface area contributed by atoms with Gasteiger partial charge >= 0.3 is 17.9 Å². The molecule has 0 rings (SSSR count). The fraction of sp³-hybridized carbons (Fsp3) is 0.789. The maximum atomic E-state index is 12.9. The third kappa shape index (κ3) is 63.6. The van der Waals surface area contributed by atoms with Gasteiger partial charge in [0.15, 0.2) is 6.10 Å². The minimum absolute atomic E-state index is 0.0721. The highest BCUT2D eigenvalue weighted by Gasteiger charge is 2.19. The van der Waals surface area contributed by atoms with Crippen LogP contribution >= 0.6 is 0 Å². The van der Waals surface area contributed by atoms with E-state index in [4.69, 9.17) is 14.2 Å². The van der Waals surface area contributed by atoms with Gasteiger partial charge in [-0.25, -0.2) is 0 Å². The largest absolute Gasteiger partial charge is 0.462 e. The lowest BCUT2D eigenvalue weighted by Gasteiger charge is -2.18. The molecule has 446 valence electrons. The Hall–Kier alpha value is -3.15. The molecule has 0 saturated carbocycles. The maximum Gasteiger partial charge on any atom is 0.306 e. The molecule has 0 aliphatic rings. The number of unbranched alkanes of at least 4 members (excludes halogenated alkanes) is 38. The van der Waals surface area contributed by atoms with E-state index in [0.717, 1.165) is 89.9 Å². The summed E-state index contributed by atoms with van der Waals surface area (Å²) in [5.74, 6) is -0.863. The van der Waals surface area contributed by atoms with Gasteiger partial charge < -0.3 is 14.2 Å². The van der Waals surface area contributed by atoms with E-state index in [0.29, 0.717) is 19.3 Å². The number of carbonyl (C=O) groups is 3. The maximum absolute atomic E-state index is 12.9. The summed E-state index contributed by atoms with van der Waals surface area (Å²) < 4.78 is 16.9. The zero-order valence-electron chi connectivity index (χ0n) is 51.2. The highest BCUT2D eigenvalue weighted by Crippen LogP contribution is 2.17. The number of hydrogen-bond donors (Lipinski definition) is 0. The van der Waals surface area contributed by atoms with Crippen LogP contribution in [-0.2, 0) is 28.6 Å². The normalized spacial score (nSPS) is 12.5. The molecule has 0 heterocycles. The Labute approximate surface area is 478 Å². The van der Waals surface area contributed by atoms with E-state index in [9.17, 15) is 14.4 Å². The minimum atomic E-state index is -0.772. The Kier molecular flexibility index (Phi) is 62.7. The van der Waals surface area contributed by atoms with Crippen LogP contribution in [0.1, 0.15) is 342 Å². The van der Waals surface area contributed by atoms with Crippen molar-refractivity contribution >= 4 is 17.9 Å². The molecule has 77 heavy (non-hydrogen) atoms. The smallest absolute Gasteiger partial charge is 0.306 e. The van der Waals surface area contributed by atoms with Crippen molar-refractivity contribution in [2.75, 3.05) is 13.2 Å². The molecule has 0 aromatic carbocycles. The second-order valence-corrected chi connectivity index (χ2v) is 22.4. The van der Waals surface area contributed by atoms with E-state index in [2.05, 4.69) is 93.7 Å². The van der Waals surface area contributed by atoms with Crippen molar-refractivity contribution in [3.8, 4) is 0 Å². The summed E-state index contributed by atoms with van der Waals surface area (Å²) in [4.78, 5) is 38.1. The molecular weight excluding hydrogens is 949 g/mol. The minimum Gasteiger partial charge on any atom is -0.462 e. The summed E-state index contributed by atoms with van der Waals surface area (Å²) in [6.45, 7) is 6.52. The highest BCUT2D eigenvalue weighted by atomic mass is 16.6. The van der Waals surface area contributed by atoms with Crippen LogP contribution < -0.4 is 0 Å². The van der Waals surface area contributed by atoms with Gasteiger partial charge in [0.2, 0.25) is 0 Å². The third-order valence-corrected chi connectivity index (χ3v) is 14.7. The second-order valence-electron chi connectivity index (χ2n) is 22.4. The van der Waals surface area contributed by atoms with E-state index < -0.39 is 6.10 Å². The van der Waals surface area contributed by atoms with Crippen molar-refractivity contribution in [1.29, 1.82) is 0 Å². The lowest BCUT2D eigenvalue weighted by molar-refractivity contribution is -0.167. The standard InChI is InChI=1S/C71H126O6/c1-4-7-10-13-16-18-20-22-24-26-28-30-32-34-35-37-38-40-42-44-46-48-50-52-55-58-61-64-70(73)76-67-68(66-75-69(72)63-60-57-54-15-12-9-6-3)77-71(74)65-62-59-56-53-51-49-47-45-43-41-39-36-33-31-29-27-25-23-21-19-17-14-11-8-5-2/h7,10,16,18,21-24,27-30,68H,4-6,8-9,11-15,17,19-20,25-26,31-67H2,1-3H3/b10-7-,18-16-,23-21-,24-22-,29-27-,30-28-. The Morgan fingerprint density at radius 2 is 0.506 bits per heavy atom. The van der Waals surface area contributed by atoms with E-state index >= 15 is 0 Å². The molecule has 1 unspecified atom stereocenters. The molecule has 0 aliphatic heterocycles. The van der Waals surface area contributed by atoms with Crippen molar-refractivity contribution in [2.45, 2.75) is 348 Å². The molecule has 0 aromatic rings. The van der Waals surface area contributed by atoms with E-state index in [1.807, 2.05) is 0 Å². The first kappa shape index (κ1) is 73.8. The first-order chi connectivity index (χ1) is 38.0. The summed E-state index contributed by atoms with van der Waals surface area (Å²) in [6.07, 6.45) is 85.2. The second kappa shape index (κ2) is 65.4. The van der Waals surface area contributed by atoms with Gasteiger partial charge in [0.05, 0.1) is 0 Å². The highest BCUT2D eigenvalue weighted by molar-refractivity contribution is 5.71. The van der Waals surface area contributed by atoms with Crippen LogP contribution in [0.2, 0.25) is 0 Å². The van der Waals surface area contributed by atoms with E-state index in [1.54, 1.807) is 0 Å². The molecule has 0 spiro atoms. The summed E-state index contributed by atoms with van der Waals surface area (Å²) in [7, 11) is 0. The monoisotopic (exact) mass is 1070 g/mol. The van der Waals surface area contributed by atoms with Crippen LogP contribution in [0.3, 0.4) is 0 Å². The quantitative estimate of drug-likeness (QED) is 0.0261. The number of hydrogen-bond acceptors (Lipinski definition) is 6. The molecule has 0 saturated heterocycles. The van der Waals surface area contributed by atoms with Crippen molar-refractivity contribution in [1.82, 2.24) is 0 Å². The number of esters is 3. The van der Waals surface area contributed by atoms with Crippen LogP contribution in [0.25, 0.3) is 0 Å². The van der Waals surface area contributed by atoms with Gasteiger partial charge in [0.25, 0.3) is 0 Å². The fourth-order valence-electron chi connectivity index (χ4n) is 9.70. The summed E-state index contributed by atoms with van der Waals surface area (Å²) in [5, 5.41) is 0. The van der Waals surface area contributed by atoms with Crippen LogP contribution in [0.5, 0.6) is 0 Å². The lowest BCUT2D eigenvalue weighted by atomic mass is 10.0. The van der Waals surface area contributed by atoms with Crippen molar-refractivity contribution in [2.24, 2.45) is 0 Å². The average Bonchev–Trinajstić information content (AvgIpc) is 3.43. The molecule has 0 bridgehead atoms. The van der Waals surface area contributed by atoms with Gasteiger partial charge in [0.1, 0.15) is 13.2 Å². The van der Waals surface area contributed by atoms with Gasteiger partial charge in [0, 0.05) is 19.3 Å². The Bertz CT molecular complexity index is 1420. The lowest BCUT2D eigenvalue weighted by Crippen LogP contribution is -2.30. The number of rotatable bonds is 61. The van der Waals surface area contributed by atoms with Crippen molar-refractivity contribution < 1.29 is 28.6 Å². The van der Waals surface area contributed by atoms with Gasteiger partial charge in [-0.05, 0) is 89.9 Å². The predicted molar refractivity (Wildman–Crippen MR) is 335 cm³/mol. The van der Waals surface area contributed by atoms with Crippen LogP contribution in [0.4, 0.5) is 0 Å². The van der Waals surface area contributed by atoms with E-state index in [-0.39, 0.29) is 31.1 Å². The van der Waals surface area contributed by atoms with Gasteiger partial charge in [-0.3, -0.25) is 14.4 Å².